The van der Waals surface area contributed by atoms with Crippen LogP contribution in [0.1, 0.15) is 18.4 Å². The van der Waals surface area contributed by atoms with E-state index in [1.165, 1.54) is 18.9 Å². The number of primary sulfonamides is 1. The summed E-state index contributed by atoms with van der Waals surface area (Å²) < 4.78 is 22.6. The van der Waals surface area contributed by atoms with Gasteiger partial charge in [0.2, 0.25) is 10.0 Å². The van der Waals surface area contributed by atoms with Crippen molar-refractivity contribution in [2.75, 3.05) is 13.6 Å². The molecule has 0 bridgehead atoms. The third-order valence-electron chi connectivity index (χ3n) is 3.17. The van der Waals surface area contributed by atoms with Gasteiger partial charge in [0.25, 0.3) is 0 Å². The fourth-order valence-electron chi connectivity index (χ4n) is 1.80. The molecule has 0 saturated heterocycles. The van der Waals surface area contributed by atoms with Crippen LogP contribution in [0, 0.1) is 5.92 Å². The summed E-state index contributed by atoms with van der Waals surface area (Å²) in [5, 5.41) is 11.5. The Labute approximate surface area is 142 Å². The van der Waals surface area contributed by atoms with Crippen LogP contribution < -0.4 is 15.8 Å². The number of aliphatic imine (C=N–C) groups is 1. The standard InChI is InChI=1S/C13H20N4O2S.HI/c1-15-13(16-8-10-5-6-10)17-9-11-3-2-4-12(7-11)20(14,18)19;/h2-4,7,10H,5-6,8-9H2,1H3,(H2,14,18,19)(H2,15,16,17);1H. The van der Waals surface area contributed by atoms with Crippen molar-refractivity contribution in [3.05, 3.63) is 29.8 Å². The summed E-state index contributed by atoms with van der Waals surface area (Å²) in [6, 6.07) is 6.57. The van der Waals surface area contributed by atoms with Crippen LogP contribution >= 0.6 is 24.0 Å². The molecule has 0 unspecified atom stereocenters. The summed E-state index contributed by atoms with van der Waals surface area (Å²) in [5.41, 5.74) is 0.839. The van der Waals surface area contributed by atoms with Crippen molar-refractivity contribution in [3.8, 4) is 0 Å². The van der Waals surface area contributed by atoms with E-state index in [0.717, 1.165) is 24.0 Å². The number of rotatable bonds is 5. The molecule has 2 rings (SSSR count). The average Bonchev–Trinajstić information content (AvgIpc) is 3.22. The van der Waals surface area contributed by atoms with E-state index in [4.69, 9.17) is 5.14 Å². The summed E-state index contributed by atoms with van der Waals surface area (Å²) in [6.07, 6.45) is 2.56. The first-order valence-electron chi connectivity index (χ1n) is 6.55. The molecule has 0 radical (unpaired) electrons. The van der Waals surface area contributed by atoms with Gasteiger partial charge in [0.15, 0.2) is 5.96 Å². The molecular formula is C13H21IN4O2S. The van der Waals surface area contributed by atoms with Crippen LogP contribution in [0.25, 0.3) is 0 Å². The van der Waals surface area contributed by atoms with Gasteiger partial charge in [0, 0.05) is 20.1 Å². The van der Waals surface area contributed by atoms with Gasteiger partial charge in [0.05, 0.1) is 4.90 Å². The van der Waals surface area contributed by atoms with Crippen LogP contribution in [0.3, 0.4) is 0 Å². The zero-order valence-electron chi connectivity index (χ0n) is 11.9. The molecule has 0 spiro atoms. The van der Waals surface area contributed by atoms with Gasteiger partial charge in [-0.2, -0.15) is 0 Å². The average molecular weight is 424 g/mol. The van der Waals surface area contributed by atoms with E-state index < -0.39 is 10.0 Å². The molecular weight excluding hydrogens is 403 g/mol. The van der Waals surface area contributed by atoms with Gasteiger partial charge >= 0.3 is 0 Å². The van der Waals surface area contributed by atoms with Crippen LogP contribution in [0.5, 0.6) is 0 Å². The maximum Gasteiger partial charge on any atom is 0.238 e. The second-order valence-corrected chi connectivity index (χ2v) is 6.50. The van der Waals surface area contributed by atoms with Crippen molar-refractivity contribution in [2.24, 2.45) is 16.0 Å². The molecule has 0 aliphatic heterocycles. The molecule has 21 heavy (non-hydrogen) atoms. The van der Waals surface area contributed by atoms with Crippen LogP contribution in [0.4, 0.5) is 0 Å². The molecule has 1 aromatic rings. The van der Waals surface area contributed by atoms with Gasteiger partial charge in [-0.15, -0.1) is 24.0 Å². The number of halogens is 1. The van der Waals surface area contributed by atoms with Crippen molar-refractivity contribution < 1.29 is 8.42 Å². The topological polar surface area (TPSA) is 96.6 Å². The molecule has 0 atom stereocenters. The summed E-state index contributed by atoms with van der Waals surface area (Å²) in [5.74, 6) is 1.48. The second kappa shape index (κ2) is 7.95. The molecule has 4 N–H and O–H groups in total. The lowest BCUT2D eigenvalue weighted by molar-refractivity contribution is 0.597. The van der Waals surface area contributed by atoms with E-state index in [1.54, 1.807) is 19.2 Å². The summed E-state index contributed by atoms with van der Waals surface area (Å²) in [6.45, 7) is 1.42. The van der Waals surface area contributed by atoms with Gasteiger partial charge in [-0.1, -0.05) is 12.1 Å². The van der Waals surface area contributed by atoms with Crippen molar-refractivity contribution >= 4 is 40.0 Å². The summed E-state index contributed by atoms with van der Waals surface area (Å²) in [4.78, 5) is 4.25. The molecule has 118 valence electrons. The maximum atomic E-state index is 11.3. The highest BCUT2D eigenvalue weighted by molar-refractivity contribution is 14.0. The number of guanidine groups is 1. The number of nitrogens with two attached hydrogens (primary N) is 1. The van der Waals surface area contributed by atoms with Crippen LogP contribution in [-0.2, 0) is 16.6 Å². The van der Waals surface area contributed by atoms with Gasteiger partial charge in [-0.05, 0) is 36.5 Å². The van der Waals surface area contributed by atoms with E-state index in [1.807, 2.05) is 6.07 Å². The Balaban J connectivity index is 0.00000220. The van der Waals surface area contributed by atoms with E-state index >= 15 is 0 Å². The monoisotopic (exact) mass is 424 g/mol. The van der Waals surface area contributed by atoms with Gasteiger partial charge in [-0.3, -0.25) is 4.99 Å². The maximum absolute atomic E-state index is 11.3. The van der Waals surface area contributed by atoms with Crippen LogP contribution in [0.15, 0.2) is 34.2 Å². The lowest BCUT2D eigenvalue weighted by Gasteiger charge is -2.12. The van der Waals surface area contributed by atoms with Gasteiger partial charge < -0.3 is 10.6 Å². The van der Waals surface area contributed by atoms with Gasteiger partial charge in [-0.25, -0.2) is 13.6 Å². The Hall–Kier alpha value is -0.870. The zero-order chi connectivity index (χ0) is 14.6. The first-order chi connectivity index (χ1) is 9.49. The number of hydrogen-bond acceptors (Lipinski definition) is 3. The van der Waals surface area contributed by atoms with Crippen molar-refractivity contribution in [1.29, 1.82) is 0 Å². The fourth-order valence-corrected chi connectivity index (χ4v) is 2.39. The van der Waals surface area contributed by atoms with Crippen LogP contribution in [-0.4, -0.2) is 28.0 Å². The van der Waals surface area contributed by atoms with E-state index in [2.05, 4.69) is 15.6 Å². The molecule has 6 nitrogen and oxygen atoms in total. The van der Waals surface area contributed by atoms with Gasteiger partial charge in [0.1, 0.15) is 0 Å². The normalized spacial score (nSPS) is 15.2. The molecule has 0 aromatic heterocycles. The first kappa shape index (κ1) is 18.2. The smallest absolute Gasteiger partial charge is 0.238 e. The van der Waals surface area contributed by atoms with Crippen molar-refractivity contribution in [1.82, 2.24) is 10.6 Å². The fraction of sp³-hybridized carbons (Fsp3) is 0.462. The highest BCUT2D eigenvalue weighted by atomic mass is 127. The van der Waals surface area contributed by atoms with Crippen molar-refractivity contribution in [3.63, 3.8) is 0 Å². The number of benzene rings is 1. The van der Waals surface area contributed by atoms with Crippen LogP contribution in [0.2, 0.25) is 0 Å². The molecule has 1 saturated carbocycles. The van der Waals surface area contributed by atoms with Crippen molar-refractivity contribution in [2.45, 2.75) is 24.3 Å². The highest BCUT2D eigenvalue weighted by Crippen LogP contribution is 2.27. The Morgan fingerprint density at radius 2 is 2.10 bits per heavy atom. The number of nitrogens with zero attached hydrogens (tertiary/aromatic N) is 1. The lowest BCUT2D eigenvalue weighted by Crippen LogP contribution is -2.37. The minimum atomic E-state index is -3.66. The molecule has 1 aromatic carbocycles. The summed E-state index contributed by atoms with van der Waals surface area (Å²) >= 11 is 0. The molecule has 1 aliphatic carbocycles. The number of sulfonamides is 1. The SMILES string of the molecule is CN=C(NCc1cccc(S(N)(=O)=O)c1)NCC1CC1.I. The highest BCUT2D eigenvalue weighted by Gasteiger charge is 2.21. The molecule has 8 heteroatoms. The summed E-state index contributed by atoms with van der Waals surface area (Å²) in [7, 11) is -1.94. The molecule has 0 amide bonds. The number of hydrogen-bond donors (Lipinski definition) is 3. The second-order valence-electron chi connectivity index (χ2n) is 4.94. The Bertz CT molecular complexity index is 600. The predicted molar refractivity (Wildman–Crippen MR) is 94.2 cm³/mol. The Morgan fingerprint density at radius 3 is 2.67 bits per heavy atom. The molecule has 1 fully saturated rings. The minimum Gasteiger partial charge on any atom is -0.356 e. The lowest BCUT2D eigenvalue weighted by atomic mass is 10.2. The zero-order valence-corrected chi connectivity index (χ0v) is 15.0. The van der Waals surface area contributed by atoms with E-state index in [9.17, 15) is 8.42 Å². The molecule has 1 aliphatic rings. The Morgan fingerprint density at radius 1 is 1.38 bits per heavy atom. The third kappa shape index (κ3) is 6.18. The minimum absolute atomic E-state index is 0. The largest absolute Gasteiger partial charge is 0.356 e. The Kier molecular flexibility index (Phi) is 6.88. The van der Waals surface area contributed by atoms with E-state index in [-0.39, 0.29) is 28.9 Å². The number of nitrogens with one attached hydrogen (secondary N) is 2. The predicted octanol–water partition coefficient (Wildman–Crippen LogP) is 1.03. The quantitative estimate of drug-likeness (QED) is 0.374. The third-order valence-corrected chi connectivity index (χ3v) is 4.08. The molecule has 0 heterocycles. The van der Waals surface area contributed by atoms with E-state index in [0.29, 0.717) is 6.54 Å². The first-order valence-corrected chi connectivity index (χ1v) is 8.10.